The molecule has 0 saturated carbocycles. The Morgan fingerprint density at radius 1 is 0.962 bits per heavy atom. The third-order valence-electron chi connectivity index (χ3n) is 3.68. The highest BCUT2D eigenvalue weighted by Crippen LogP contribution is 2.51. The molecule has 0 unspecified atom stereocenters. The van der Waals surface area contributed by atoms with Crippen molar-refractivity contribution in [2.24, 2.45) is 5.92 Å². The van der Waals surface area contributed by atoms with E-state index in [1.807, 2.05) is 0 Å². The van der Waals surface area contributed by atoms with Gasteiger partial charge in [0.05, 0.1) is 20.1 Å². The molecule has 0 aliphatic rings. The largest absolute Gasteiger partial charge is 0.490 e. The maximum atomic E-state index is 12.2. The molecule has 0 heterocycles. The Hall–Kier alpha value is -2.47. The predicted octanol–water partition coefficient (Wildman–Crippen LogP) is 4.39. The zero-order valence-electron chi connectivity index (χ0n) is 15.3. The van der Waals surface area contributed by atoms with Crippen molar-refractivity contribution in [2.45, 2.75) is 27.2 Å². The maximum absolute atomic E-state index is 12.2. The minimum Gasteiger partial charge on any atom is -0.490 e. The van der Waals surface area contributed by atoms with Crippen LogP contribution in [0.4, 0.5) is 0 Å². The van der Waals surface area contributed by atoms with Crippen molar-refractivity contribution in [1.29, 1.82) is 0 Å². The smallest absolute Gasteiger partial charge is 0.313 e. The van der Waals surface area contributed by atoms with Gasteiger partial charge in [-0.3, -0.25) is 9.59 Å². The molecular weight excluding hydrogens is 360 g/mol. The zero-order chi connectivity index (χ0) is 19.4. The summed E-state index contributed by atoms with van der Waals surface area (Å²) >= 11 is 6.12. The van der Waals surface area contributed by atoms with E-state index < -0.39 is 11.9 Å². The first-order valence-corrected chi connectivity index (χ1v) is 8.51. The van der Waals surface area contributed by atoms with Gasteiger partial charge in [-0.25, -0.2) is 0 Å². The fourth-order valence-corrected chi connectivity index (χ4v) is 2.50. The maximum Gasteiger partial charge on any atom is 0.313 e. The SMILES string of the molecule is CCC(=O)Oc1c(OC)c(OC)c(OC(=O)C(C)C)c2cc(Cl)ccc12. The summed E-state index contributed by atoms with van der Waals surface area (Å²) in [5, 5.41) is 1.42. The van der Waals surface area contributed by atoms with Gasteiger partial charge < -0.3 is 18.9 Å². The molecule has 140 valence electrons. The molecule has 0 atom stereocenters. The summed E-state index contributed by atoms with van der Waals surface area (Å²) in [6, 6.07) is 4.93. The van der Waals surface area contributed by atoms with E-state index >= 15 is 0 Å². The van der Waals surface area contributed by atoms with Gasteiger partial charge in [-0.2, -0.15) is 0 Å². The van der Waals surface area contributed by atoms with Crippen LogP contribution in [0.5, 0.6) is 23.0 Å². The van der Waals surface area contributed by atoms with Gasteiger partial charge >= 0.3 is 11.9 Å². The molecule has 6 nitrogen and oxygen atoms in total. The Morgan fingerprint density at radius 2 is 1.54 bits per heavy atom. The van der Waals surface area contributed by atoms with E-state index in [2.05, 4.69) is 0 Å². The van der Waals surface area contributed by atoms with Crippen molar-refractivity contribution < 1.29 is 28.5 Å². The number of carbonyl (C=O) groups is 2. The van der Waals surface area contributed by atoms with E-state index in [0.29, 0.717) is 15.8 Å². The molecule has 2 aromatic carbocycles. The van der Waals surface area contributed by atoms with E-state index in [4.69, 9.17) is 30.5 Å². The first kappa shape index (κ1) is 19.8. The number of methoxy groups -OCH3 is 2. The predicted molar refractivity (Wildman–Crippen MR) is 98.5 cm³/mol. The Bertz CT molecular complexity index is 844. The number of esters is 2. The van der Waals surface area contributed by atoms with Gasteiger partial charge in [0.25, 0.3) is 0 Å². The lowest BCUT2D eigenvalue weighted by Gasteiger charge is -2.20. The van der Waals surface area contributed by atoms with E-state index in [9.17, 15) is 9.59 Å². The third kappa shape index (κ3) is 3.85. The molecule has 0 aromatic heterocycles. The normalized spacial score (nSPS) is 10.7. The first-order chi connectivity index (χ1) is 12.3. The summed E-state index contributed by atoms with van der Waals surface area (Å²) in [5.41, 5.74) is 0. The Balaban J connectivity index is 2.84. The van der Waals surface area contributed by atoms with Crippen molar-refractivity contribution in [3.05, 3.63) is 23.2 Å². The van der Waals surface area contributed by atoms with Crippen LogP contribution in [0, 0.1) is 5.92 Å². The summed E-state index contributed by atoms with van der Waals surface area (Å²) in [5.74, 6) is -0.564. The minimum absolute atomic E-state index is 0.148. The lowest BCUT2D eigenvalue weighted by atomic mass is 10.1. The van der Waals surface area contributed by atoms with E-state index in [-0.39, 0.29) is 35.3 Å². The summed E-state index contributed by atoms with van der Waals surface area (Å²) in [7, 11) is 2.82. The van der Waals surface area contributed by atoms with Crippen LogP contribution in [0.2, 0.25) is 5.02 Å². The van der Waals surface area contributed by atoms with E-state index in [1.165, 1.54) is 14.2 Å². The molecule has 2 rings (SSSR count). The average Bonchev–Trinajstić information content (AvgIpc) is 2.62. The number of hydrogen-bond donors (Lipinski definition) is 0. The van der Waals surface area contributed by atoms with Crippen LogP contribution in [0.25, 0.3) is 10.8 Å². The van der Waals surface area contributed by atoms with Gasteiger partial charge in [0.15, 0.2) is 11.5 Å². The van der Waals surface area contributed by atoms with Crippen LogP contribution >= 0.6 is 11.6 Å². The average molecular weight is 381 g/mol. The fourth-order valence-electron chi connectivity index (χ4n) is 2.33. The lowest BCUT2D eigenvalue weighted by molar-refractivity contribution is -0.138. The summed E-state index contributed by atoms with van der Waals surface area (Å²) in [4.78, 5) is 24.1. The van der Waals surface area contributed by atoms with Crippen molar-refractivity contribution in [1.82, 2.24) is 0 Å². The molecule has 0 aliphatic heterocycles. The number of carbonyl (C=O) groups excluding carboxylic acids is 2. The summed E-state index contributed by atoms with van der Waals surface area (Å²) in [6.45, 7) is 5.13. The molecule has 7 heteroatoms. The highest BCUT2D eigenvalue weighted by Gasteiger charge is 2.27. The first-order valence-electron chi connectivity index (χ1n) is 8.13. The Kier molecular flexibility index (Phi) is 6.32. The Labute approximate surface area is 156 Å². The van der Waals surface area contributed by atoms with Crippen LogP contribution in [0.15, 0.2) is 18.2 Å². The standard InChI is InChI=1S/C19H21ClO6/c1-6-14(21)25-15-12-8-7-11(20)9-13(12)16(26-19(22)10(2)3)18(24-5)17(15)23-4/h7-10H,6H2,1-5H3. The molecule has 0 N–H and O–H groups in total. The van der Waals surface area contributed by atoms with Gasteiger partial charge in [0.2, 0.25) is 11.5 Å². The fraction of sp³-hybridized carbons (Fsp3) is 0.368. The third-order valence-corrected chi connectivity index (χ3v) is 3.91. The molecule has 0 saturated heterocycles. The van der Waals surface area contributed by atoms with Crippen molar-refractivity contribution in [3.63, 3.8) is 0 Å². The number of halogens is 1. The molecular formula is C19H21ClO6. The Morgan fingerprint density at radius 3 is 2.04 bits per heavy atom. The van der Waals surface area contributed by atoms with E-state index in [1.54, 1.807) is 39.0 Å². The molecule has 0 aliphatic carbocycles. The van der Waals surface area contributed by atoms with Crippen LogP contribution in [0.1, 0.15) is 27.2 Å². The molecule has 0 radical (unpaired) electrons. The highest BCUT2D eigenvalue weighted by molar-refractivity contribution is 6.31. The minimum atomic E-state index is -0.440. The van der Waals surface area contributed by atoms with Crippen LogP contribution in [-0.2, 0) is 9.59 Å². The van der Waals surface area contributed by atoms with Crippen molar-refractivity contribution in [3.8, 4) is 23.0 Å². The van der Waals surface area contributed by atoms with Gasteiger partial charge in [-0.15, -0.1) is 0 Å². The topological polar surface area (TPSA) is 71.1 Å². The molecule has 0 spiro atoms. The summed E-state index contributed by atoms with van der Waals surface area (Å²) < 4.78 is 21.8. The number of fused-ring (bicyclic) bond motifs is 1. The second-order valence-corrected chi connectivity index (χ2v) is 6.25. The quantitative estimate of drug-likeness (QED) is 0.546. The second kappa shape index (κ2) is 8.27. The molecule has 26 heavy (non-hydrogen) atoms. The van der Waals surface area contributed by atoms with Crippen LogP contribution in [-0.4, -0.2) is 26.2 Å². The van der Waals surface area contributed by atoms with Gasteiger partial charge in [0.1, 0.15) is 0 Å². The zero-order valence-corrected chi connectivity index (χ0v) is 16.1. The van der Waals surface area contributed by atoms with Crippen molar-refractivity contribution in [2.75, 3.05) is 14.2 Å². The van der Waals surface area contributed by atoms with Gasteiger partial charge in [-0.05, 0) is 18.2 Å². The molecule has 0 bridgehead atoms. The highest BCUT2D eigenvalue weighted by atomic mass is 35.5. The number of ether oxygens (including phenoxy) is 4. The van der Waals surface area contributed by atoms with Crippen LogP contribution in [0.3, 0.4) is 0 Å². The van der Waals surface area contributed by atoms with Crippen LogP contribution < -0.4 is 18.9 Å². The van der Waals surface area contributed by atoms with Gasteiger partial charge in [0, 0.05) is 22.2 Å². The second-order valence-electron chi connectivity index (χ2n) is 5.82. The number of benzene rings is 2. The molecule has 2 aromatic rings. The van der Waals surface area contributed by atoms with Crippen molar-refractivity contribution >= 4 is 34.3 Å². The monoisotopic (exact) mass is 380 g/mol. The molecule has 0 fully saturated rings. The summed E-state index contributed by atoms with van der Waals surface area (Å²) in [6.07, 6.45) is 0.185. The lowest BCUT2D eigenvalue weighted by Crippen LogP contribution is -2.16. The number of rotatable bonds is 6. The van der Waals surface area contributed by atoms with Gasteiger partial charge in [-0.1, -0.05) is 32.4 Å². The molecule has 0 amide bonds. The van der Waals surface area contributed by atoms with E-state index in [0.717, 1.165) is 0 Å². The number of hydrogen-bond acceptors (Lipinski definition) is 6.